The maximum atomic E-state index is 13.5. The molecule has 176 valence electrons. The lowest BCUT2D eigenvalue weighted by atomic mass is 10.2. The summed E-state index contributed by atoms with van der Waals surface area (Å²) in [5.41, 5.74) is 2.39. The molecular weight excluding hydrogens is 489 g/mol. The fourth-order valence-electron chi connectivity index (χ4n) is 4.22. The molecule has 2 aromatic carbocycles. The number of nitrogens with one attached hydrogen (secondary N) is 1. The van der Waals surface area contributed by atoms with Crippen LogP contribution < -0.4 is 15.8 Å². The van der Waals surface area contributed by atoms with E-state index in [4.69, 9.17) is 27.9 Å². The molecule has 3 aromatic heterocycles. The summed E-state index contributed by atoms with van der Waals surface area (Å²) in [6, 6.07) is 13.1. The van der Waals surface area contributed by atoms with Gasteiger partial charge in [0.15, 0.2) is 5.65 Å². The van der Waals surface area contributed by atoms with E-state index in [2.05, 4.69) is 37.3 Å². The van der Waals surface area contributed by atoms with Gasteiger partial charge in [-0.25, -0.2) is 14.5 Å². The van der Waals surface area contributed by atoms with E-state index >= 15 is 0 Å². The number of hydrogen-bond acceptors (Lipinski definition) is 7. The van der Waals surface area contributed by atoms with E-state index in [0.29, 0.717) is 38.5 Å². The number of rotatable bonds is 4. The molecule has 0 saturated carbocycles. The summed E-state index contributed by atoms with van der Waals surface area (Å²) in [7, 11) is 0. The van der Waals surface area contributed by atoms with Gasteiger partial charge in [0, 0.05) is 43.1 Å². The molecule has 0 atom stereocenters. The van der Waals surface area contributed by atoms with E-state index < -0.39 is 0 Å². The third-order valence-electron chi connectivity index (χ3n) is 5.91. The van der Waals surface area contributed by atoms with Gasteiger partial charge < -0.3 is 15.0 Å². The van der Waals surface area contributed by atoms with E-state index in [1.54, 1.807) is 35.0 Å². The number of aromatic nitrogens is 5. The van der Waals surface area contributed by atoms with Crippen molar-refractivity contribution in [3.8, 4) is 5.69 Å². The monoisotopic (exact) mass is 507 g/mol. The first-order chi connectivity index (χ1) is 17.1. The van der Waals surface area contributed by atoms with Crippen LogP contribution in [0, 0.1) is 0 Å². The van der Waals surface area contributed by atoms with Crippen LogP contribution in [0.25, 0.3) is 22.5 Å². The Hall–Kier alpha value is -3.66. The van der Waals surface area contributed by atoms with Gasteiger partial charge in [0.1, 0.15) is 5.39 Å². The Labute approximate surface area is 209 Å². The molecular formula is C24H19Cl2N7O2. The summed E-state index contributed by atoms with van der Waals surface area (Å²) in [6.07, 6.45) is 4.82. The molecule has 0 radical (unpaired) electrons. The fourth-order valence-corrected chi connectivity index (χ4v) is 4.78. The number of nitrogens with zero attached hydrogens (tertiary/aromatic N) is 6. The number of imidazole rings is 1. The highest BCUT2D eigenvalue weighted by atomic mass is 35.5. The van der Waals surface area contributed by atoms with Crippen LogP contribution in [0.15, 0.2) is 65.8 Å². The highest BCUT2D eigenvalue weighted by Crippen LogP contribution is 2.29. The van der Waals surface area contributed by atoms with Crippen LogP contribution in [0.3, 0.4) is 0 Å². The Balaban J connectivity index is 1.39. The lowest BCUT2D eigenvalue weighted by Gasteiger charge is -2.28. The normalized spacial score (nSPS) is 14.1. The van der Waals surface area contributed by atoms with Gasteiger partial charge >= 0.3 is 0 Å². The van der Waals surface area contributed by atoms with Crippen LogP contribution in [0.5, 0.6) is 0 Å². The number of para-hydroxylation sites is 1. The second kappa shape index (κ2) is 8.84. The number of ether oxygens (including phenoxy) is 1. The summed E-state index contributed by atoms with van der Waals surface area (Å²) >= 11 is 12.8. The van der Waals surface area contributed by atoms with Gasteiger partial charge in [-0.2, -0.15) is 4.98 Å². The largest absolute Gasteiger partial charge is 0.378 e. The van der Waals surface area contributed by atoms with Crippen molar-refractivity contribution in [3.63, 3.8) is 0 Å². The minimum absolute atomic E-state index is 0.305. The maximum absolute atomic E-state index is 13.5. The standard InChI is InChI=1S/C24H19Cl2N7O2/c25-18-2-1-3-19(26)20(18)33-22(34)17-14-28-23(30-21(17)32-9-8-27-24(32)33)29-15-4-6-16(7-5-15)31-10-12-35-13-11-31/h1-9,14H,10-13H2,(H,28,29,30). The smallest absolute Gasteiger partial charge is 0.270 e. The molecule has 1 aliphatic rings. The predicted octanol–water partition coefficient (Wildman–Crippen LogP) is 4.32. The second-order valence-corrected chi connectivity index (χ2v) is 8.82. The van der Waals surface area contributed by atoms with Crippen molar-refractivity contribution in [2.75, 3.05) is 36.5 Å². The number of halogens is 2. The Morgan fingerprint density at radius 1 is 0.971 bits per heavy atom. The molecule has 1 N–H and O–H groups in total. The van der Waals surface area contributed by atoms with Crippen molar-refractivity contribution in [1.82, 2.24) is 23.9 Å². The van der Waals surface area contributed by atoms with Gasteiger partial charge in [-0.1, -0.05) is 29.3 Å². The average Bonchev–Trinajstić information content (AvgIpc) is 3.37. The summed E-state index contributed by atoms with van der Waals surface area (Å²) in [6.45, 7) is 3.22. The third kappa shape index (κ3) is 3.87. The lowest BCUT2D eigenvalue weighted by molar-refractivity contribution is 0.122. The highest BCUT2D eigenvalue weighted by Gasteiger charge is 2.19. The molecule has 0 spiro atoms. The van der Waals surface area contributed by atoms with Crippen molar-refractivity contribution >= 4 is 57.3 Å². The second-order valence-electron chi connectivity index (χ2n) is 8.01. The molecule has 0 bridgehead atoms. The van der Waals surface area contributed by atoms with Crippen LogP contribution in [-0.2, 0) is 4.74 Å². The van der Waals surface area contributed by atoms with Gasteiger partial charge in [0.05, 0.1) is 28.9 Å². The van der Waals surface area contributed by atoms with Gasteiger partial charge in [0.2, 0.25) is 11.7 Å². The minimum Gasteiger partial charge on any atom is -0.378 e. The van der Waals surface area contributed by atoms with Crippen molar-refractivity contribution in [2.24, 2.45) is 0 Å². The molecule has 1 fully saturated rings. The zero-order valence-electron chi connectivity index (χ0n) is 18.4. The predicted molar refractivity (Wildman–Crippen MR) is 137 cm³/mol. The Bertz CT molecular complexity index is 1590. The quantitative estimate of drug-likeness (QED) is 0.387. The summed E-state index contributed by atoms with van der Waals surface area (Å²) in [5, 5.41) is 4.20. The van der Waals surface area contributed by atoms with E-state index in [-0.39, 0.29) is 5.56 Å². The minimum atomic E-state index is -0.366. The number of morpholine rings is 1. The van der Waals surface area contributed by atoms with Crippen LogP contribution in [0.2, 0.25) is 10.0 Å². The summed E-state index contributed by atoms with van der Waals surface area (Å²) in [4.78, 5) is 29.1. The van der Waals surface area contributed by atoms with Gasteiger partial charge in [-0.15, -0.1) is 0 Å². The van der Waals surface area contributed by atoms with Gasteiger partial charge in [-0.05, 0) is 36.4 Å². The molecule has 4 heterocycles. The molecule has 0 aliphatic carbocycles. The van der Waals surface area contributed by atoms with E-state index in [1.165, 1.54) is 10.8 Å². The molecule has 1 aliphatic heterocycles. The molecule has 35 heavy (non-hydrogen) atoms. The van der Waals surface area contributed by atoms with E-state index in [1.807, 2.05) is 12.1 Å². The maximum Gasteiger partial charge on any atom is 0.270 e. The van der Waals surface area contributed by atoms with Crippen LogP contribution in [0.1, 0.15) is 0 Å². The summed E-state index contributed by atoms with van der Waals surface area (Å²) in [5.74, 6) is 0.705. The average molecular weight is 508 g/mol. The molecule has 0 unspecified atom stereocenters. The molecule has 11 heteroatoms. The van der Waals surface area contributed by atoms with Crippen molar-refractivity contribution in [2.45, 2.75) is 0 Å². The fraction of sp³-hybridized carbons (Fsp3) is 0.167. The van der Waals surface area contributed by atoms with Crippen LogP contribution >= 0.6 is 23.2 Å². The number of anilines is 3. The van der Waals surface area contributed by atoms with Crippen molar-refractivity contribution in [3.05, 3.63) is 81.5 Å². The Morgan fingerprint density at radius 2 is 1.71 bits per heavy atom. The highest BCUT2D eigenvalue weighted by molar-refractivity contribution is 6.37. The number of hydrogen-bond donors (Lipinski definition) is 1. The van der Waals surface area contributed by atoms with Gasteiger partial charge in [-0.3, -0.25) is 9.20 Å². The molecule has 5 aromatic rings. The zero-order valence-corrected chi connectivity index (χ0v) is 19.9. The zero-order chi connectivity index (χ0) is 23.9. The van der Waals surface area contributed by atoms with Crippen molar-refractivity contribution in [1.29, 1.82) is 0 Å². The topological polar surface area (TPSA) is 89.6 Å². The number of benzene rings is 2. The molecule has 6 rings (SSSR count). The first kappa shape index (κ1) is 21.8. The molecule has 1 saturated heterocycles. The lowest BCUT2D eigenvalue weighted by Crippen LogP contribution is -2.36. The molecule has 0 amide bonds. The molecule has 9 nitrogen and oxygen atoms in total. The Morgan fingerprint density at radius 3 is 2.46 bits per heavy atom. The summed E-state index contributed by atoms with van der Waals surface area (Å²) < 4.78 is 8.52. The van der Waals surface area contributed by atoms with Gasteiger partial charge in [0.25, 0.3) is 5.56 Å². The third-order valence-corrected chi connectivity index (χ3v) is 6.52. The van der Waals surface area contributed by atoms with Crippen molar-refractivity contribution < 1.29 is 4.74 Å². The first-order valence-corrected chi connectivity index (χ1v) is 11.7. The first-order valence-electron chi connectivity index (χ1n) is 11.0. The number of fused-ring (bicyclic) bond motifs is 3. The van der Waals surface area contributed by atoms with E-state index in [9.17, 15) is 4.79 Å². The van der Waals surface area contributed by atoms with Crippen LogP contribution in [0.4, 0.5) is 17.3 Å². The van der Waals surface area contributed by atoms with E-state index in [0.717, 1.165) is 37.7 Å². The Kier molecular flexibility index (Phi) is 5.52. The SMILES string of the molecule is O=c1c2cnc(Nc3ccc(N4CCOCC4)cc3)nc2n2ccnc2n1-c1c(Cl)cccc1Cl. The van der Waals surface area contributed by atoms with Crippen LogP contribution in [-0.4, -0.2) is 50.2 Å².